The molecule has 0 radical (unpaired) electrons. The second-order valence-electron chi connectivity index (χ2n) is 7.98. The van der Waals surface area contributed by atoms with Gasteiger partial charge in [-0.3, -0.25) is 4.79 Å². The molecule has 1 fully saturated rings. The number of amides is 1. The molecule has 0 saturated carbocycles. The van der Waals surface area contributed by atoms with Crippen LogP contribution in [0.3, 0.4) is 0 Å². The topological polar surface area (TPSA) is 88.2 Å². The zero-order valence-electron chi connectivity index (χ0n) is 18.9. The third-order valence-corrected chi connectivity index (χ3v) is 8.43. The molecule has 1 unspecified atom stereocenters. The first kappa shape index (κ1) is 24.5. The maximum absolute atomic E-state index is 13.1. The minimum absolute atomic E-state index is 0.0183. The largest absolute Gasteiger partial charge is 0.493 e. The van der Waals surface area contributed by atoms with Crippen LogP contribution in [0.4, 0.5) is 0 Å². The van der Waals surface area contributed by atoms with Crippen molar-refractivity contribution in [1.29, 1.82) is 0 Å². The lowest BCUT2D eigenvalue weighted by atomic mass is 9.97. The molecule has 1 aromatic carbocycles. The van der Waals surface area contributed by atoms with E-state index in [-0.39, 0.29) is 22.8 Å². The number of nitrogens with zero attached hydrogens (tertiary/aromatic N) is 2. The summed E-state index contributed by atoms with van der Waals surface area (Å²) in [6, 6.07) is 6.75. The molecule has 2 heterocycles. The number of carbonyl (C=O) groups is 1. The summed E-state index contributed by atoms with van der Waals surface area (Å²) >= 11 is 1.64. The molecule has 1 amide bonds. The molecule has 176 valence electrons. The highest BCUT2D eigenvalue weighted by molar-refractivity contribution is 7.89. The Kier molecular flexibility index (Phi) is 8.16. The number of likely N-dealkylation sites (N-methyl/N-ethyl adjacent to an activating group) is 1. The number of hydrogen-bond acceptors (Lipinski definition) is 7. The van der Waals surface area contributed by atoms with E-state index in [1.54, 1.807) is 17.4 Å². The van der Waals surface area contributed by atoms with Gasteiger partial charge in [-0.2, -0.15) is 15.6 Å². The molecule has 1 aromatic heterocycles. The van der Waals surface area contributed by atoms with Gasteiger partial charge in [-0.1, -0.05) is 0 Å². The smallest absolute Gasteiger partial charge is 0.243 e. The summed E-state index contributed by atoms with van der Waals surface area (Å²) in [5.74, 6) is 0.622. The van der Waals surface area contributed by atoms with Crippen LogP contribution < -0.4 is 14.8 Å². The Morgan fingerprint density at radius 3 is 2.44 bits per heavy atom. The molecule has 1 aliphatic rings. The number of thiophene rings is 1. The van der Waals surface area contributed by atoms with Gasteiger partial charge in [0.25, 0.3) is 0 Å². The molecule has 0 aliphatic carbocycles. The molecule has 10 heteroatoms. The molecule has 1 aliphatic heterocycles. The number of benzene rings is 1. The summed E-state index contributed by atoms with van der Waals surface area (Å²) in [6.45, 7) is 1.12. The number of methoxy groups -OCH3 is 2. The third kappa shape index (κ3) is 5.43. The summed E-state index contributed by atoms with van der Waals surface area (Å²) in [4.78, 5) is 15.0. The van der Waals surface area contributed by atoms with Crippen LogP contribution in [0.2, 0.25) is 0 Å². The van der Waals surface area contributed by atoms with Crippen molar-refractivity contribution < 1.29 is 22.7 Å². The minimum atomic E-state index is -3.67. The maximum atomic E-state index is 13.1. The Morgan fingerprint density at radius 2 is 1.88 bits per heavy atom. The number of hydrogen-bond donors (Lipinski definition) is 1. The van der Waals surface area contributed by atoms with Crippen molar-refractivity contribution in [3.8, 4) is 11.5 Å². The Morgan fingerprint density at radius 1 is 1.19 bits per heavy atom. The fourth-order valence-corrected chi connectivity index (χ4v) is 6.08. The first-order valence-electron chi connectivity index (χ1n) is 10.5. The second kappa shape index (κ2) is 10.7. The lowest BCUT2D eigenvalue weighted by molar-refractivity contribution is -0.126. The number of piperidine rings is 1. The summed E-state index contributed by atoms with van der Waals surface area (Å²) in [7, 11) is 3.28. The predicted molar refractivity (Wildman–Crippen MR) is 125 cm³/mol. The quantitative estimate of drug-likeness (QED) is 0.592. The third-order valence-electron chi connectivity index (χ3n) is 5.84. The first-order valence-corrected chi connectivity index (χ1v) is 12.8. The van der Waals surface area contributed by atoms with E-state index in [0.717, 1.165) is 0 Å². The fourth-order valence-electron chi connectivity index (χ4n) is 3.89. The fraction of sp³-hybridized carbons (Fsp3) is 0.500. The number of carbonyl (C=O) groups excluding carboxylic acids is 1. The van der Waals surface area contributed by atoms with Crippen molar-refractivity contribution in [3.05, 3.63) is 40.6 Å². The van der Waals surface area contributed by atoms with E-state index in [0.29, 0.717) is 44.0 Å². The van der Waals surface area contributed by atoms with Gasteiger partial charge in [-0.05, 0) is 61.5 Å². The SMILES string of the molecule is COc1ccc(S(=O)(=O)N2CCC(C(=O)NCC(c3ccsc3)N(C)C)CC2)cc1OC. The average molecular weight is 482 g/mol. The molecule has 0 spiro atoms. The Labute approximate surface area is 194 Å². The molecular weight excluding hydrogens is 450 g/mol. The van der Waals surface area contributed by atoms with Gasteiger partial charge >= 0.3 is 0 Å². The zero-order chi connectivity index (χ0) is 23.3. The lowest BCUT2D eigenvalue weighted by Gasteiger charge is -2.31. The number of rotatable bonds is 9. The van der Waals surface area contributed by atoms with E-state index in [9.17, 15) is 13.2 Å². The van der Waals surface area contributed by atoms with E-state index in [2.05, 4.69) is 21.7 Å². The van der Waals surface area contributed by atoms with Crippen LogP contribution in [0.25, 0.3) is 0 Å². The van der Waals surface area contributed by atoms with Crippen molar-refractivity contribution in [2.24, 2.45) is 5.92 Å². The van der Waals surface area contributed by atoms with Crippen molar-refractivity contribution >= 4 is 27.3 Å². The molecular formula is C22H31N3O5S2. The van der Waals surface area contributed by atoms with Crippen LogP contribution in [0.5, 0.6) is 11.5 Å². The van der Waals surface area contributed by atoms with E-state index in [4.69, 9.17) is 9.47 Å². The van der Waals surface area contributed by atoms with E-state index in [1.807, 2.05) is 19.5 Å². The zero-order valence-corrected chi connectivity index (χ0v) is 20.5. The highest BCUT2D eigenvalue weighted by atomic mass is 32.2. The molecule has 32 heavy (non-hydrogen) atoms. The van der Waals surface area contributed by atoms with E-state index in [1.165, 1.54) is 36.2 Å². The molecule has 8 nitrogen and oxygen atoms in total. The highest BCUT2D eigenvalue weighted by Gasteiger charge is 2.33. The van der Waals surface area contributed by atoms with Crippen LogP contribution in [0.1, 0.15) is 24.4 Å². The summed E-state index contributed by atoms with van der Waals surface area (Å²) in [6.07, 6.45) is 0.979. The Bertz CT molecular complexity index is 1000. The van der Waals surface area contributed by atoms with Crippen molar-refractivity contribution in [2.45, 2.75) is 23.8 Å². The first-order chi connectivity index (χ1) is 15.3. The van der Waals surface area contributed by atoms with Crippen LogP contribution in [-0.4, -0.2) is 71.5 Å². The minimum Gasteiger partial charge on any atom is -0.493 e. The van der Waals surface area contributed by atoms with Crippen molar-refractivity contribution in [2.75, 3.05) is 47.9 Å². The van der Waals surface area contributed by atoms with Crippen LogP contribution in [0, 0.1) is 5.92 Å². The maximum Gasteiger partial charge on any atom is 0.243 e. The molecule has 2 aromatic rings. The van der Waals surface area contributed by atoms with Crippen LogP contribution in [-0.2, 0) is 14.8 Å². The van der Waals surface area contributed by atoms with Gasteiger partial charge in [0.15, 0.2) is 11.5 Å². The normalized spacial score (nSPS) is 16.7. The van der Waals surface area contributed by atoms with Gasteiger partial charge < -0.3 is 19.7 Å². The summed E-state index contributed by atoms with van der Waals surface area (Å²) in [5, 5.41) is 7.18. The standard InChI is InChI=1S/C22H31N3O5S2/c1-24(2)19(17-9-12-31-15-17)14-23-22(26)16-7-10-25(11-8-16)32(27,28)18-5-6-20(29-3)21(13-18)30-4/h5-6,9,12-13,15-16,19H,7-8,10-11,14H2,1-4H3,(H,23,26). The van der Waals surface area contributed by atoms with Gasteiger partial charge in [0.05, 0.1) is 25.2 Å². The average Bonchev–Trinajstić information content (AvgIpc) is 3.32. The van der Waals surface area contributed by atoms with Crippen molar-refractivity contribution in [3.63, 3.8) is 0 Å². The van der Waals surface area contributed by atoms with Gasteiger partial charge in [0, 0.05) is 31.6 Å². The number of nitrogens with one attached hydrogen (secondary N) is 1. The van der Waals surface area contributed by atoms with Crippen LogP contribution in [0.15, 0.2) is 39.9 Å². The molecule has 1 N–H and O–H groups in total. The molecule has 1 saturated heterocycles. The van der Waals surface area contributed by atoms with E-state index >= 15 is 0 Å². The van der Waals surface area contributed by atoms with E-state index < -0.39 is 10.0 Å². The number of ether oxygens (including phenoxy) is 2. The van der Waals surface area contributed by atoms with Gasteiger partial charge in [-0.15, -0.1) is 0 Å². The van der Waals surface area contributed by atoms with Gasteiger partial charge in [-0.25, -0.2) is 8.42 Å². The predicted octanol–water partition coefficient (Wildman–Crippen LogP) is 2.59. The summed E-state index contributed by atoms with van der Waals surface area (Å²) < 4.78 is 38.0. The van der Waals surface area contributed by atoms with Gasteiger partial charge in [0.1, 0.15) is 0 Å². The molecule has 0 bridgehead atoms. The van der Waals surface area contributed by atoms with Gasteiger partial charge in [0.2, 0.25) is 15.9 Å². The highest BCUT2D eigenvalue weighted by Crippen LogP contribution is 2.32. The summed E-state index contributed by atoms with van der Waals surface area (Å²) in [5.41, 5.74) is 1.18. The van der Waals surface area contributed by atoms with Crippen molar-refractivity contribution in [1.82, 2.24) is 14.5 Å². The molecule has 1 atom stereocenters. The lowest BCUT2D eigenvalue weighted by Crippen LogP contribution is -2.44. The Hall–Kier alpha value is -2.14. The monoisotopic (exact) mass is 481 g/mol. The second-order valence-corrected chi connectivity index (χ2v) is 10.7. The molecule has 3 rings (SSSR count). The van der Waals surface area contributed by atoms with Crippen LogP contribution >= 0.6 is 11.3 Å². The Balaban J connectivity index is 1.59. The number of sulfonamides is 1.